The number of ether oxygens (including phenoxy) is 1. The molecule has 2 bridgehead atoms. The van der Waals surface area contributed by atoms with Crippen molar-refractivity contribution in [3.05, 3.63) is 0 Å². The first kappa shape index (κ1) is 35.8. The Balaban J connectivity index is 1.34. The predicted molar refractivity (Wildman–Crippen MR) is 165 cm³/mol. The van der Waals surface area contributed by atoms with Crippen LogP contribution in [0.15, 0.2) is 0 Å². The number of amides is 2. The highest BCUT2D eigenvalue weighted by molar-refractivity contribution is 5.83. The molecule has 5 saturated carbocycles. The van der Waals surface area contributed by atoms with E-state index in [0.29, 0.717) is 30.6 Å². The molecule has 46 heavy (non-hydrogen) atoms. The van der Waals surface area contributed by atoms with Crippen molar-refractivity contribution >= 4 is 11.8 Å². The molecular weight excluding hydrogens is 603 g/mol. The van der Waals surface area contributed by atoms with Crippen molar-refractivity contribution < 1.29 is 42.5 Å². The molecule has 0 aromatic carbocycles. The Hall–Kier alpha value is -1.47. The molecule has 4 N–H and O–H groups in total. The van der Waals surface area contributed by atoms with E-state index in [1.165, 1.54) is 13.5 Å². The van der Waals surface area contributed by atoms with Crippen molar-refractivity contribution in [3.8, 4) is 0 Å². The van der Waals surface area contributed by atoms with Gasteiger partial charge in [0.25, 0.3) is 0 Å². The van der Waals surface area contributed by atoms with E-state index in [2.05, 4.69) is 31.4 Å². The normalized spacial score (nSPS) is 43.4. The molecule has 264 valence electrons. The first-order chi connectivity index (χ1) is 21.6. The SMILES string of the molecule is CNC(=O)C1CC(C2CCCC(CN3O[C@@H](CO)[C@H]([C@H](C)O)[C@H]3C(=O)N[C@H]3C[C@H]4C[C@@H]([C@@H]3C)C4(C)C)C2OC)CC(C(F)(F)F)C1. The summed E-state index contributed by atoms with van der Waals surface area (Å²) >= 11 is 0. The third-order valence-corrected chi connectivity index (χ3v) is 13.2. The van der Waals surface area contributed by atoms with Crippen LogP contribution in [0.25, 0.3) is 0 Å². The number of nitrogens with zero attached hydrogens (tertiary/aromatic N) is 1. The van der Waals surface area contributed by atoms with Gasteiger partial charge >= 0.3 is 6.18 Å². The fraction of sp³-hybridized carbons (Fsp3) is 0.941. The van der Waals surface area contributed by atoms with Gasteiger partial charge in [0, 0.05) is 44.5 Å². The zero-order valence-corrected chi connectivity index (χ0v) is 28.3. The van der Waals surface area contributed by atoms with Crippen molar-refractivity contribution in [1.29, 1.82) is 0 Å². The highest BCUT2D eigenvalue weighted by Crippen LogP contribution is 2.61. The van der Waals surface area contributed by atoms with E-state index in [1.807, 2.05) is 0 Å². The van der Waals surface area contributed by atoms with Crippen LogP contribution >= 0.6 is 0 Å². The first-order valence-corrected chi connectivity index (χ1v) is 17.5. The maximum absolute atomic E-state index is 14.1. The van der Waals surface area contributed by atoms with Gasteiger partial charge in [-0.05, 0) is 86.9 Å². The van der Waals surface area contributed by atoms with Gasteiger partial charge in [0.05, 0.1) is 24.7 Å². The van der Waals surface area contributed by atoms with Gasteiger partial charge in [-0.2, -0.15) is 18.2 Å². The molecule has 6 unspecified atom stereocenters. The van der Waals surface area contributed by atoms with Crippen molar-refractivity contribution in [2.45, 2.75) is 116 Å². The summed E-state index contributed by atoms with van der Waals surface area (Å²) in [7, 11) is 3.04. The van der Waals surface area contributed by atoms with Crippen LogP contribution in [-0.2, 0) is 19.2 Å². The molecule has 14 atom stereocenters. The van der Waals surface area contributed by atoms with Crippen molar-refractivity contribution in [3.63, 3.8) is 0 Å². The van der Waals surface area contributed by atoms with Crippen molar-refractivity contribution in [2.75, 3.05) is 27.3 Å². The highest BCUT2D eigenvalue weighted by Gasteiger charge is 2.58. The third kappa shape index (κ3) is 6.71. The Kier molecular flexibility index (Phi) is 10.7. The van der Waals surface area contributed by atoms with E-state index >= 15 is 0 Å². The van der Waals surface area contributed by atoms with E-state index in [0.717, 1.165) is 19.3 Å². The Morgan fingerprint density at radius 2 is 1.83 bits per heavy atom. The fourth-order valence-electron chi connectivity index (χ4n) is 10.5. The summed E-state index contributed by atoms with van der Waals surface area (Å²) in [4.78, 5) is 32.9. The third-order valence-electron chi connectivity index (χ3n) is 13.2. The molecule has 1 heterocycles. The lowest BCUT2D eigenvalue weighted by atomic mass is 9.45. The van der Waals surface area contributed by atoms with Crippen LogP contribution in [0.3, 0.4) is 0 Å². The molecule has 6 aliphatic rings. The highest BCUT2D eigenvalue weighted by atomic mass is 19.4. The summed E-state index contributed by atoms with van der Waals surface area (Å²) in [6, 6.07) is -0.823. The van der Waals surface area contributed by atoms with Crippen LogP contribution in [0.5, 0.6) is 0 Å². The van der Waals surface area contributed by atoms with Crippen molar-refractivity contribution in [1.82, 2.24) is 15.7 Å². The van der Waals surface area contributed by atoms with Gasteiger partial charge in [0.1, 0.15) is 12.1 Å². The smallest absolute Gasteiger partial charge is 0.391 e. The second kappa shape index (κ2) is 13.8. The number of carbonyl (C=O) groups excluding carboxylic acids is 2. The maximum atomic E-state index is 14.1. The molecule has 2 amide bonds. The van der Waals surface area contributed by atoms with Gasteiger partial charge in [-0.25, -0.2) is 0 Å². The van der Waals surface area contributed by atoms with Crippen LogP contribution in [0.4, 0.5) is 13.2 Å². The van der Waals surface area contributed by atoms with Gasteiger partial charge in [0.15, 0.2) is 0 Å². The van der Waals surface area contributed by atoms with Gasteiger partial charge in [-0.3, -0.25) is 14.4 Å². The molecular formula is C34H56F3N3O6. The number of nitrogens with one attached hydrogen (secondary N) is 2. The van der Waals surface area contributed by atoms with Gasteiger partial charge in [-0.15, -0.1) is 0 Å². The maximum Gasteiger partial charge on any atom is 0.391 e. The largest absolute Gasteiger partial charge is 0.394 e. The lowest BCUT2D eigenvalue weighted by Gasteiger charge is -2.62. The predicted octanol–water partition coefficient (Wildman–Crippen LogP) is 3.92. The second-order valence-corrected chi connectivity index (χ2v) is 15.8. The average Bonchev–Trinajstić information content (AvgIpc) is 3.39. The zero-order valence-electron chi connectivity index (χ0n) is 28.3. The molecule has 1 aliphatic heterocycles. The Morgan fingerprint density at radius 3 is 2.39 bits per heavy atom. The second-order valence-electron chi connectivity index (χ2n) is 15.8. The van der Waals surface area contributed by atoms with E-state index < -0.39 is 48.3 Å². The topological polar surface area (TPSA) is 120 Å². The van der Waals surface area contributed by atoms with Crippen LogP contribution in [0, 0.1) is 58.7 Å². The number of fused-ring (bicyclic) bond motifs is 2. The van der Waals surface area contributed by atoms with Gasteiger partial charge in [-0.1, -0.05) is 27.2 Å². The average molecular weight is 660 g/mol. The van der Waals surface area contributed by atoms with E-state index in [9.17, 15) is 33.0 Å². The quantitative estimate of drug-likeness (QED) is 0.296. The fourth-order valence-corrected chi connectivity index (χ4v) is 10.5. The number of aliphatic hydroxyl groups is 2. The Labute approximate surface area is 271 Å². The lowest BCUT2D eigenvalue weighted by molar-refractivity contribution is -0.201. The molecule has 0 spiro atoms. The summed E-state index contributed by atoms with van der Waals surface area (Å²) in [5.74, 6) is -2.78. The number of aliphatic hydroxyl groups excluding tert-OH is 2. The van der Waals surface area contributed by atoms with Crippen molar-refractivity contribution in [2.24, 2.45) is 58.7 Å². The first-order valence-electron chi connectivity index (χ1n) is 17.5. The summed E-state index contributed by atoms with van der Waals surface area (Å²) in [6.45, 7) is 8.34. The number of rotatable bonds is 9. The number of hydrogen-bond donors (Lipinski definition) is 4. The Bertz CT molecular complexity index is 1090. The Morgan fingerprint density at radius 1 is 1.11 bits per heavy atom. The summed E-state index contributed by atoms with van der Waals surface area (Å²) in [5, 5.41) is 28.5. The molecule has 0 aromatic rings. The summed E-state index contributed by atoms with van der Waals surface area (Å²) < 4.78 is 48.1. The number of alkyl halides is 3. The van der Waals surface area contributed by atoms with Crippen LogP contribution < -0.4 is 10.6 Å². The van der Waals surface area contributed by atoms with E-state index in [1.54, 1.807) is 19.1 Å². The molecule has 6 fully saturated rings. The monoisotopic (exact) mass is 659 g/mol. The minimum absolute atomic E-state index is 0.0147. The number of methoxy groups -OCH3 is 1. The zero-order chi connectivity index (χ0) is 33.7. The molecule has 12 heteroatoms. The molecule has 0 aromatic heterocycles. The minimum Gasteiger partial charge on any atom is -0.394 e. The van der Waals surface area contributed by atoms with E-state index in [-0.39, 0.29) is 67.0 Å². The molecule has 1 saturated heterocycles. The molecule has 5 aliphatic carbocycles. The summed E-state index contributed by atoms with van der Waals surface area (Å²) in [5.41, 5.74) is 0.263. The van der Waals surface area contributed by atoms with Crippen LogP contribution in [0.1, 0.15) is 79.1 Å². The van der Waals surface area contributed by atoms with E-state index in [4.69, 9.17) is 9.57 Å². The molecule has 6 rings (SSSR count). The minimum atomic E-state index is -4.38. The number of halogens is 3. The van der Waals surface area contributed by atoms with Crippen LogP contribution in [0.2, 0.25) is 0 Å². The number of hydrogen-bond acceptors (Lipinski definition) is 7. The number of carbonyl (C=O) groups is 2. The summed E-state index contributed by atoms with van der Waals surface area (Å²) in [6.07, 6.45) is -2.03. The van der Waals surface area contributed by atoms with Gasteiger partial charge < -0.3 is 25.6 Å². The standard InChI is InChI=1S/C34H56F3N3O6/c1-17-25-13-22(33(25,3)4)14-26(17)39-32(44)29-28(18(2)42)27(16-41)46-40(29)15-19-8-7-9-24(30(19)45-6)20-10-21(31(43)38-5)12-23(11-20)34(35,36)37/h17-30,41-42H,7-16H2,1-6H3,(H,38,43)(H,39,44)/t17-,18-,19?,20?,21?,22+,23?,24?,25-,26-,27-,28-,29-,30?/m0/s1. The van der Waals surface area contributed by atoms with Crippen LogP contribution in [-0.4, -0.2) is 91.0 Å². The molecule has 9 nitrogen and oxygen atoms in total. The number of hydroxylamine groups is 2. The van der Waals surface area contributed by atoms with Gasteiger partial charge in [0.2, 0.25) is 11.8 Å². The lowest BCUT2D eigenvalue weighted by Crippen LogP contribution is -2.62. The molecule has 0 radical (unpaired) electrons.